The number of imidazole rings is 1. The molecule has 0 amide bonds. The van der Waals surface area contributed by atoms with Gasteiger partial charge >= 0.3 is 5.69 Å². The predicted octanol–water partition coefficient (Wildman–Crippen LogP) is 1.77. The summed E-state index contributed by atoms with van der Waals surface area (Å²) in [7, 11) is 0. The van der Waals surface area contributed by atoms with Crippen LogP contribution < -0.4 is 5.69 Å². The van der Waals surface area contributed by atoms with Crippen molar-refractivity contribution in [3.05, 3.63) is 31.8 Å². The second kappa shape index (κ2) is 2.62. The zero-order valence-electron chi connectivity index (χ0n) is 6.44. The van der Waals surface area contributed by atoms with Gasteiger partial charge in [-0.05, 0) is 41.1 Å². The van der Waals surface area contributed by atoms with E-state index in [0.29, 0.717) is 0 Å². The lowest BCUT2D eigenvalue weighted by Crippen LogP contribution is -1.99. The summed E-state index contributed by atoms with van der Waals surface area (Å²) in [5.41, 5.74) is 2.76. The van der Waals surface area contributed by atoms with Crippen molar-refractivity contribution in [1.82, 2.24) is 9.97 Å². The summed E-state index contributed by atoms with van der Waals surface area (Å²) in [5.74, 6) is 0. The Bertz CT molecular complexity index is 441. The van der Waals surface area contributed by atoms with E-state index < -0.39 is 0 Å². The van der Waals surface area contributed by atoms with Crippen LogP contribution in [0.1, 0.15) is 5.56 Å². The Balaban J connectivity index is 3.03. The molecule has 0 aliphatic rings. The number of hydrogen-bond acceptors (Lipinski definition) is 1. The van der Waals surface area contributed by atoms with Crippen LogP contribution in [0.5, 0.6) is 0 Å². The highest BCUT2D eigenvalue weighted by atomic mass is 127. The van der Waals surface area contributed by atoms with E-state index in [-0.39, 0.29) is 5.69 Å². The first kappa shape index (κ1) is 7.85. The molecule has 1 aromatic carbocycles. The fourth-order valence-electron chi connectivity index (χ4n) is 1.22. The monoisotopic (exact) mass is 274 g/mol. The van der Waals surface area contributed by atoms with Crippen LogP contribution in [-0.2, 0) is 0 Å². The molecule has 2 N–H and O–H groups in total. The van der Waals surface area contributed by atoms with Crippen LogP contribution in [0.4, 0.5) is 0 Å². The van der Waals surface area contributed by atoms with Crippen LogP contribution in [0.2, 0.25) is 0 Å². The van der Waals surface area contributed by atoms with Crippen molar-refractivity contribution >= 4 is 33.6 Å². The lowest BCUT2D eigenvalue weighted by Gasteiger charge is -1.95. The Morgan fingerprint density at radius 2 is 1.92 bits per heavy atom. The van der Waals surface area contributed by atoms with Crippen molar-refractivity contribution in [3.8, 4) is 0 Å². The summed E-state index contributed by atoms with van der Waals surface area (Å²) in [6.45, 7) is 1.97. The Morgan fingerprint density at radius 1 is 1.25 bits per heavy atom. The van der Waals surface area contributed by atoms with Gasteiger partial charge in [0.05, 0.1) is 11.0 Å². The third-order valence-electron chi connectivity index (χ3n) is 1.84. The smallest absolute Gasteiger partial charge is 0.305 e. The van der Waals surface area contributed by atoms with Crippen molar-refractivity contribution in [1.29, 1.82) is 0 Å². The van der Waals surface area contributed by atoms with Gasteiger partial charge in [-0.25, -0.2) is 4.79 Å². The Kier molecular flexibility index (Phi) is 1.71. The van der Waals surface area contributed by atoms with E-state index in [1.165, 1.54) is 0 Å². The number of fused-ring (bicyclic) bond motifs is 1. The van der Waals surface area contributed by atoms with Gasteiger partial charge in [-0.1, -0.05) is 6.07 Å². The molecule has 1 aromatic heterocycles. The molecule has 0 unspecified atom stereocenters. The first-order valence-electron chi connectivity index (χ1n) is 3.55. The second-order valence-electron chi connectivity index (χ2n) is 2.69. The number of hydrogen-bond donors (Lipinski definition) is 2. The van der Waals surface area contributed by atoms with Crippen molar-refractivity contribution in [2.24, 2.45) is 0 Å². The molecule has 0 spiro atoms. The first-order chi connectivity index (χ1) is 5.68. The summed E-state index contributed by atoms with van der Waals surface area (Å²) in [6, 6.07) is 3.98. The van der Waals surface area contributed by atoms with E-state index in [4.69, 9.17) is 0 Å². The largest absolute Gasteiger partial charge is 0.323 e. The number of rotatable bonds is 0. The maximum absolute atomic E-state index is 11.0. The summed E-state index contributed by atoms with van der Waals surface area (Å²) < 4.78 is 1.06. The normalized spacial score (nSPS) is 10.8. The van der Waals surface area contributed by atoms with E-state index in [1.807, 2.05) is 19.1 Å². The van der Waals surface area contributed by atoms with Gasteiger partial charge in [0.2, 0.25) is 0 Å². The third-order valence-corrected chi connectivity index (χ3v) is 2.74. The summed E-state index contributed by atoms with van der Waals surface area (Å²) in [4.78, 5) is 16.5. The number of benzene rings is 1. The number of aromatic amines is 2. The van der Waals surface area contributed by atoms with Crippen LogP contribution in [0.15, 0.2) is 16.9 Å². The molecule has 0 saturated carbocycles. The average Bonchev–Trinajstić information content (AvgIpc) is 2.41. The molecular formula is C8H7IN2O. The van der Waals surface area contributed by atoms with Crippen LogP contribution in [0.25, 0.3) is 11.0 Å². The van der Waals surface area contributed by atoms with Crippen molar-refractivity contribution in [2.75, 3.05) is 0 Å². The van der Waals surface area contributed by atoms with E-state index in [1.54, 1.807) is 0 Å². The van der Waals surface area contributed by atoms with Gasteiger partial charge in [-0.2, -0.15) is 0 Å². The molecule has 0 saturated heterocycles. The molecule has 0 aliphatic carbocycles. The molecule has 0 aliphatic heterocycles. The van der Waals surface area contributed by atoms with Gasteiger partial charge < -0.3 is 9.97 Å². The first-order valence-corrected chi connectivity index (χ1v) is 4.63. The fraction of sp³-hybridized carbons (Fsp3) is 0.125. The zero-order chi connectivity index (χ0) is 8.72. The van der Waals surface area contributed by atoms with Crippen molar-refractivity contribution < 1.29 is 0 Å². The number of aromatic nitrogens is 2. The van der Waals surface area contributed by atoms with Gasteiger partial charge in [0.1, 0.15) is 0 Å². The number of H-pyrrole nitrogens is 2. The molecule has 0 bridgehead atoms. The minimum atomic E-state index is -0.141. The van der Waals surface area contributed by atoms with Crippen molar-refractivity contribution in [2.45, 2.75) is 6.92 Å². The lowest BCUT2D eigenvalue weighted by atomic mass is 10.2. The predicted molar refractivity (Wildman–Crippen MR) is 56.4 cm³/mol. The van der Waals surface area contributed by atoms with E-state index in [0.717, 1.165) is 20.2 Å². The number of nitrogens with one attached hydrogen (secondary N) is 2. The fourth-order valence-corrected chi connectivity index (χ4v) is 1.81. The Morgan fingerprint density at radius 3 is 2.58 bits per heavy atom. The van der Waals surface area contributed by atoms with Crippen LogP contribution in [0, 0.1) is 10.5 Å². The molecule has 2 aromatic rings. The topological polar surface area (TPSA) is 48.6 Å². The molecule has 1 heterocycles. The molecule has 3 nitrogen and oxygen atoms in total. The molecule has 0 fully saturated rings. The molecule has 4 heteroatoms. The Labute approximate surface area is 82.3 Å². The summed E-state index contributed by atoms with van der Waals surface area (Å²) >= 11 is 2.20. The second-order valence-corrected chi connectivity index (χ2v) is 3.86. The minimum Gasteiger partial charge on any atom is -0.305 e. The average molecular weight is 274 g/mol. The van der Waals surface area contributed by atoms with E-state index >= 15 is 0 Å². The minimum absolute atomic E-state index is 0.141. The number of aryl methyl sites for hydroxylation is 1. The zero-order valence-corrected chi connectivity index (χ0v) is 8.60. The number of halogens is 1. The van der Waals surface area contributed by atoms with Gasteiger partial charge in [-0.3, -0.25) is 0 Å². The van der Waals surface area contributed by atoms with Gasteiger partial charge in [0.15, 0.2) is 0 Å². The van der Waals surface area contributed by atoms with Crippen LogP contribution in [0.3, 0.4) is 0 Å². The van der Waals surface area contributed by atoms with E-state index in [2.05, 4.69) is 32.6 Å². The Hall–Kier alpha value is -0.780. The molecule has 0 atom stereocenters. The van der Waals surface area contributed by atoms with Crippen LogP contribution >= 0.6 is 22.6 Å². The van der Waals surface area contributed by atoms with Gasteiger partial charge in [0.25, 0.3) is 0 Å². The quantitative estimate of drug-likeness (QED) is 0.707. The molecular weight excluding hydrogens is 267 g/mol. The van der Waals surface area contributed by atoms with Crippen molar-refractivity contribution in [3.63, 3.8) is 0 Å². The summed E-state index contributed by atoms with van der Waals surface area (Å²) in [6.07, 6.45) is 0. The highest BCUT2D eigenvalue weighted by molar-refractivity contribution is 14.1. The van der Waals surface area contributed by atoms with Gasteiger partial charge in [-0.15, -0.1) is 0 Å². The SMILES string of the molecule is Cc1ccc(I)c2[nH]c(=O)[nH]c12. The third kappa shape index (κ3) is 1.06. The maximum Gasteiger partial charge on any atom is 0.323 e. The van der Waals surface area contributed by atoms with Crippen LogP contribution in [-0.4, -0.2) is 9.97 Å². The highest BCUT2D eigenvalue weighted by Crippen LogP contribution is 2.18. The van der Waals surface area contributed by atoms with E-state index in [9.17, 15) is 4.79 Å². The summed E-state index contributed by atoms with van der Waals surface area (Å²) in [5, 5.41) is 0. The maximum atomic E-state index is 11.0. The molecule has 12 heavy (non-hydrogen) atoms. The standard InChI is InChI=1S/C8H7IN2O/c1-4-2-3-5(9)7-6(4)10-8(12)11-7/h2-3H,1H3,(H2,10,11,12). The highest BCUT2D eigenvalue weighted by Gasteiger charge is 2.03. The lowest BCUT2D eigenvalue weighted by molar-refractivity contribution is 1.21. The molecule has 0 radical (unpaired) electrons. The van der Waals surface area contributed by atoms with Gasteiger partial charge in [0, 0.05) is 3.57 Å². The molecule has 2 rings (SSSR count). The molecule has 62 valence electrons.